The van der Waals surface area contributed by atoms with Crippen LogP contribution in [0.25, 0.3) is 0 Å². The van der Waals surface area contributed by atoms with Crippen LogP contribution in [0, 0.1) is 10.1 Å². The van der Waals surface area contributed by atoms with Gasteiger partial charge < -0.3 is 19.6 Å². The van der Waals surface area contributed by atoms with Gasteiger partial charge in [-0.1, -0.05) is 0 Å². The van der Waals surface area contributed by atoms with Gasteiger partial charge in [-0.25, -0.2) is 4.79 Å². The lowest BCUT2D eigenvalue weighted by atomic mass is 9.98. The molecule has 10 heteroatoms. The van der Waals surface area contributed by atoms with E-state index in [0.29, 0.717) is 42.8 Å². The topological polar surface area (TPSA) is 109 Å². The number of hydrogen-bond donors (Lipinski definition) is 1. The third-order valence-electron chi connectivity index (χ3n) is 4.20. The highest BCUT2D eigenvalue weighted by Crippen LogP contribution is 2.37. The number of fused-ring (bicyclic) bond motifs is 1. The Balaban J connectivity index is 1.86. The lowest BCUT2D eigenvalue weighted by molar-refractivity contribution is -0.384. The Morgan fingerprint density at radius 3 is 2.96 bits per heavy atom. The lowest BCUT2D eigenvalue weighted by Gasteiger charge is -2.46. The molecule has 3 heterocycles. The predicted octanol–water partition coefficient (Wildman–Crippen LogP) is 1.71. The van der Waals surface area contributed by atoms with Crippen LogP contribution < -0.4 is 4.90 Å². The van der Waals surface area contributed by atoms with Crippen molar-refractivity contribution in [3.8, 4) is 0 Å². The molecule has 2 aliphatic heterocycles. The van der Waals surface area contributed by atoms with Crippen molar-refractivity contribution in [2.45, 2.75) is 18.6 Å². The van der Waals surface area contributed by atoms with Crippen molar-refractivity contribution >= 4 is 33.4 Å². The van der Waals surface area contributed by atoms with Gasteiger partial charge in [0.25, 0.3) is 0 Å². The molecule has 1 aromatic rings. The van der Waals surface area contributed by atoms with E-state index in [1.165, 1.54) is 17.3 Å². The summed E-state index contributed by atoms with van der Waals surface area (Å²) in [5, 5.41) is 20.5. The van der Waals surface area contributed by atoms with Crippen molar-refractivity contribution in [2.75, 3.05) is 31.1 Å². The third-order valence-corrected chi connectivity index (χ3v) is 4.78. The number of amides is 1. The molecule has 0 aliphatic carbocycles. The molecule has 3 rings (SSSR count). The zero-order valence-corrected chi connectivity index (χ0v) is 13.7. The molecule has 1 amide bonds. The molecule has 2 fully saturated rings. The van der Waals surface area contributed by atoms with E-state index in [-0.39, 0.29) is 17.8 Å². The number of halogens is 1. The largest absolute Gasteiger partial charge is 0.465 e. The molecule has 1 aromatic heterocycles. The summed E-state index contributed by atoms with van der Waals surface area (Å²) < 4.78 is 6.24. The van der Waals surface area contributed by atoms with Crippen LogP contribution in [0.15, 0.2) is 16.9 Å². The molecule has 0 saturated carbocycles. The first-order valence-electron chi connectivity index (χ1n) is 7.13. The van der Waals surface area contributed by atoms with Crippen molar-refractivity contribution in [3.63, 3.8) is 0 Å². The molecule has 23 heavy (non-hydrogen) atoms. The number of carboxylic acid groups (broad SMARTS) is 1. The number of pyridine rings is 1. The SMILES string of the molecule is O=C(O)N1CCOC2CN(c3c(Br)cncc3[N+](=O)[O-])CCC21. The van der Waals surface area contributed by atoms with Gasteiger partial charge in [0.1, 0.15) is 11.9 Å². The number of morpholine rings is 1. The molecule has 9 nitrogen and oxygen atoms in total. The highest BCUT2D eigenvalue weighted by molar-refractivity contribution is 9.10. The Labute approximate surface area is 140 Å². The van der Waals surface area contributed by atoms with Crippen LogP contribution in [0.2, 0.25) is 0 Å². The molecule has 0 bridgehead atoms. The molecule has 124 valence electrons. The number of nitro groups is 1. The van der Waals surface area contributed by atoms with Gasteiger partial charge in [0, 0.05) is 25.8 Å². The normalized spacial score (nSPS) is 24.2. The van der Waals surface area contributed by atoms with Gasteiger partial charge in [-0.3, -0.25) is 15.1 Å². The van der Waals surface area contributed by atoms with Gasteiger partial charge >= 0.3 is 11.8 Å². The van der Waals surface area contributed by atoms with Gasteiger partial charge in [0.05, 0.1) is 28.1 Å². The van der Waals surface area contributed by atoms with E-state index < -0.39 is 11.0 Å². The number of anilines is 1. The maximum atomic E-state index is 11.3. The molecule has 2 atom stereocenters. The summed E-state index contributed by atoms with van der Waals surface area (Å²) in [5.74, 6) is 0. The standard InChI is InChI=1S/C13H15BrN4O5/c14-8-5-15-6-10(18(21)22)12(8)16-2-1-9-11(7-16)23-4-3-17(9)13(19)20/h5-6,9,11H,1-4,7H2,(H,19,20). The first-order valence-corrected chi connectivity index (χ1v) is 7.92. The second-order valence-electron chi connectivity index (χ2n) is 5.43. The number of aromatic nitrogens is 1. The molecule has 2 saturated heterocycles. The molecule has 0 radical (unpaired) electrons. The number of piperidine rings is 1. The smallest absolute Gasteiger partial charge is 0.407 e. The van der Waals surface area contributed by atoms with Crippen LogP contribution in [0.5, 0.6) is 0 Å². The Morgan fingerprint density at radius 1 is 1.48 bits per heavy atom. The van der Waals surface area contributed by atoms with Gasteiger partial charge in [-0.15, -0.1) is 0 Å². The highest BCUT2D eigenvalue weighted by Gasteiger charge is 2.40. The van der Waals surface area contributed by atoms with Crippen molar-refractivity contribution in [3.05, 3.63) is 27.0 Å². The monoisotopic (exact) mass is 386 g/mol. The highest BCUT2D eigenvalue weighted by atomic mass is 79.9. The quantitative estimate of drug-likeness (QED) is 0.608. The zero-order valence-electron chi connectivity index (χ0n) is 12.1. The van der Waals surface area contributed by atoms with Crippen LogP contribution in [0.4, 0.5) is 16.2 Å². The van der Waals surface area contributed by atoms with Crippen molar-refractivity contribution in [2.24, 2.45) is 0 Å². The number of hydrogen-bond acceptors (Lipinski definition) is 6. The Morgan fingerprint density at radius 2 is 2.26 bits per heavy atom. The van der Waals surface area contributed by atoms with Crippen LogP contribution in [-0.2, 0) is 4.74 Å². The maximum absolute atomic E-state index is 11.3. The summed E-state index contributed by atoms with van der Waals surface area (Å²) >= 11 is 3.32. The number of rotatable bonds is 2. The van der Waals surface area contributed by atoms with Gasteiger partial charge in [0.15, 0.2) is 0 Å². The minimum Gasteiger partial charge on any atom is -0.465 e. The summed E-state index contributed by atoms with van der Waals surface area (Å²) in [4.78, 5) is 29.2. The first-order chi connectivity index (χ1) is 11.0. The maximum Gasteiger partial charge on any atom is 0.407 e. The van der Waals surface area contributed by atoms with E-state index in [4.69, 9.17) is 4.74 Å². The van der Waals surface area contributed by atoms with Gasteiger partial charge in [0.2, 0.25) is 0 Å². The van der Waals surface area contributed by atoms with E-state index in [0.717, 1.165) is 0 Å². The fourth-order valence-electron chi connectivity index (χ4n) is 3.20. The fraction of sp³-hybridized carbons (Fsp3) is 0.538. The lowest BCUT2D eigenvalue weighted by Crippen LogP contribution is -2.60. The summed E-state index contributed by atoms with van der Waals surface area (Å²) in [5.41, 5.74) is 0.378. The van der Waals surface area contributed by atoms with Crippen LogP contribution in [0.1, 0.15) is 6.42 Å². The molecule has 2 unspecified atom stereocenters. The number of nitrogens with zero attached hydrogens (tertiary/aromatic N) is 4. The number of carbonyl (C=O) groups is 1. The van der Waals surface area contributed by atoms with E-state index in [1.54, 1.807) is 0 Å². The summed E-state index contributed by atoms with van der Waals surface area (Å²) in [7, 11) is 0. The third kappa shape index (κ3) is 2.95. The van der Waals surface area contributed by atoms with Crippen LogP contribution in [0.3, 0.4) is 0 Å². The van der Waals surface area contributed by atoms with Crippen LogP contribution in [-0.4, -0.2) is 64.4 Å². The van der Waals surface area contributed by atoms with Crippen LogP contribution >= 0.6 is 15.9 Å². The van der Waals surface area contributed by atoms with Gasteiger partial charge in [-0.2, -0.15) is 0 Å². The Bertz CT molecular complexity index is 643. The molecule has 1 N–H and O–H groups in total. The average molecular weight is 387 g/mol. The van der Waals surface area contributed by atoms with E-state index >= 15 is 0 Å². The predicted molar refractivity (Wildman–Crippen MR) is 83.7 cm³/mol. The zero-order chi connectivity index (χ0) is 16.6. The van der Waals surface area contributed by atoms with Crippen molar-refractivity contribution in [1.82, 2.24) is 9.88 Å². The molecular weight excluding hydrogens is 372 g/mol. The van der Waals surface area contributed by atoms with E-state index in [9.17, 15) is 20.0 Å². The fourth-order valence-corrected chi connectivity index (χ4v) is 3.77. The van der Waals surface area contributed by atoms with Gasteiger partial charge in [-0.05, 0) is 22.4 Å². The van der Waals surface area contributed by atoms with Crippen molar-refractivity contribution in [1.29, 1.82) is 0 Å². The molecular formula is C13H15BrN4O5. The summed E-state index contributed by atoms with van der Waals surface area (Å²) in [6, 6.07) is -0.211. The Hall–Kier alpha value is -1.94. The summed E-state index contributed by atoms with van der Waals surface area (Å²) in [6.07, 6.45) is 2.04. The molecule has 0 spiro atoms. The second kappa shape index (κ2) is 6.28. The van der Waals surface area contributed by atoms with E-state index in [2.05, 4.69) is 20.9 Å². The average Bonchev–Trinajstić information content (AvgIpc) is 2.53. The summed E-state index contributed by atoms with van der Waals surface area (Å²) in [6.45, 7) is 1.60. The molecule has 2 aliphatic rings. The minimum atomic E-state index is -0.951. The Kier molecular flexibility index (Phi) is 4.35. The second-order valence-corrected chi connectivity index (χ2v) is 6.29. The molecule has 0 aromatic carbocycles. The minimum absolute atomic E-state index is 0.0799. The first kappa shape index (κ1) is 15.9. The number of ether oxygens (including phenoxy) is 1. The van der Waals surface area contributed by atoms with Crippen molar-refractivity contribution < 1.29 is 19.6 Å². The van der Waals surface area contributed by atoms with E-state index in [1.807, 2.05) is 4.90 Å².